The van der Waals surface area contributed by atoms with Crippen LogP contribution >= 0.6 is 0 Å². The molecule has 1 saturated carbocycles. The van der Waals surface area contributed by atoms with E-state index in [9.17, 15) is 9.90 Å². The predicted molar refractivity (Wildman–Crippen MR) is 71.0 cm³/mol. The quantitative estimate of drug-likeness (QED) is 0.804. The number of aliphatic hydroxyl groups is 1. The Balaban J connectivity index is 1.89. The van der Waals surface area contributed by atoms with Crippen LogP contribution in [0.3, 0.4) is 0 Å². The van der Waals surface area contributed by atoms with E-state index in [0.717, 1.165) is 6.54 Å². The number of rotatable bonds is 3. The van der Waals surface area contributed by atoms with E-state index in [1.54, 1.807) is 0 Å². The summed E-state index contributed by atoms with van der Waals surface area (Å²) in [6, 6.07) is 0.317. The van der Waals surface area contributed by atoms with Crippen LogP contribution in [-0.4, -0.2) is 58.5 Å². The van der Waals surface area contributed by atoms with Crippen LogP contribution in [0.1, 0.15) is 39.5 Å². The highest BCUT2D eigenvalue weighted by molar-refractivity contribution is 5.70. The van der Waals surface area contributed by atoms with Gasteiger partial charge in [-0.05, 0) is 39.5 Å². The molecular formula is C14H25NO4. The first kappa shape index (κ1) is 14.8. The summed E-state index contributed by atoms with van der Waals surface area (Å²) < 4.78 is 5.59. The van der Waals surface area contributed by atoms with Crippen molar-refractivity contribution in [3.8, 4) is 0 Å². The smallest absolute Gasteiger partial charge is 0.306 e. The molecule has 1 aliphatic heterocycles. The van der Waals surface area contributed by atoms with Crippen molar-refractivity contribution >= 4 is 5.97 Å². The van der Waals surface area contributed by atoms with Crippen molar-refractivity contribution in [3.05, 3.63) is 0 Å². The van der Waals surface area contributed by atoms with Crippen molar-refractivity contribution in [3.63, 3.8) is 0 Å². The number of hydrogen-bond acceptors (Lipinski definition) is 4. The van der Waals surface area contributed by atoms with E-state index in [2.05, 4.69) is 11.8 Å². The Labute approximate surface area is 114 Å². The Morgan fingerprint density at radius 1 is 1.37 bits per heavy atom. The van der Waals surface area contributed by atoms with Crippen LogP contribution in [0.4, 0.5) is 0 Å². The van der Waals surface area contributed by atoms with Crippen molar-refractivity contribution in [1.82, 2.24) is 4.90 Å². The monoisotopic (exact) mass is 271 g/mol. The lowest BCUT2D eigenvalue weighted by molar-refractivity contribution is -0.146. The Hall–Kier alpha value is -0.650. The second kappa shape index (κ2) is 5.77. The molecule has 0 radical (unpaired) electrons. The molecule has 2 N–H and O–H groups in total. The van der Waals surface area contributed by atoms with Crippen LogP contribution in [-0.2, 0) is 9.53 Å². The van der Waals surface area contributed by atoms with Gasteiger partial charge in [0.1, 0.15) is 0 Å². The van der Waals surface area contributed by atoms with Gasteiger partial charge in [-0.3, -0.25) is 9.69 Å². The normalized spacial score (nSPS) is 41.1. The van der Waals surface area contributed by atoms with Gasteiger partial charge in [0.15, 0.2) is 0 Å². The third-order valence-electron chi connectivity index (χ3n) is 4.50. The van der Waals surface area contributed by atoms with E-state index in [1.807, 2.05) is 6.92 Å². The highest BCUT2D eigenvalue weighted by Gasteiger charge is 2.38. The molecule has 0 aromatic carbocycles. The number of morpholine rings is 1. The predicted octanol–water partition coefficient (Wildman–Crippen LogP) is 1.10. The van der Waals surface area contributed by atoms with E-state index in [4.69, 9.17) is 9.84 Å². The molecule has 0 amide bonds. The molecule has 0 aromatic rings. The van der Waals surface area contributed by atoms with Crippen LogP contribution in [0.15, 0.2) is 0 Å². The van der Waals surface area contributed by atoms with Gasteiger partial charge in [0, 0.05) is 19.1 Å². The minimum atomic E-state index is -0.726. The lowest BCUT2D eigenvalue weighted by Gasteiger charge is -2.43. The summed E-state index contributed by atoms with van der Waals surface area (Å²) >= 11 is 0. The number of hydrogen-bond donors (Lipinski definition) is 2. The molecule has 2 rings (SSSR count). The zero-order valence-corrected chi connectivity index (χ0v) is 11.8. The molecule has 2 unspecified atom stereocenters. The van der Waals surface area contributed by atoms with Gasteiger partial charge in [-0.15, -0.1) is 0 Å². The summed E-state index contributed by atoms with van der Waals surface area (Å²) in [5, 5.41) is 19.6. The highest BCUT2D eigenvalue weighted by atomic mass is 16.5. The maximum atomic E-state index is 10.9. The lowest BCUT2D eigenvalue weighted by atomic mass is 9.78. The summed E-state index contributed by atoms with van der Waals surface area (Å²) in [5.41, 5.74) is -0.725. The Kier molecular flexibility index (Phi) is 4.48. The molecule has 2 atom stereocenters. The first-order valence-corrected chi connectivity index (χ1v) is 7.20. The standard InChI is InChI=1S/C14H25NO4/c1-10-8-19-11(2)7-15(10)9-14(18)5-3-12(4-6-14)13(16)17/h10-12,18H,3-9H2,1-2H3,(H,16,17). The summed E-state index contributed by atoms with van der Waals surface area (Å²) in [6.07, 6.45) is 2.54. The zero-order chi connectivity index (χ0) is 14.0. The van der Waals surface area contributed by atoms with Crippen LogP contribution in [0.25, 0.3) is 0 Å². The molecular weight excluding hydrogens is 246 g/mol. The second-order valence-corrected chi connectivity index (χ2v) is 6.26. The number of nitrogens with zero attached hydrogens (tertiary/aromatic N) is 1. The van der Waals surface area contributed by atoms with Crippen molar-refractivity contribution in [1.29, 1.82) is 0 Å². The van der Waals surface area contributed by atoms with Crippen molar-refractivity contribution in [2.24, 2.45) is 5.92 Å². The number of ether oxygens (including phenoxy) is 1. The first-order chi connectivity index (χ1) is 8.89. The first-order valence-electron chi connectivity index (χ1n) is 7.20. The molecule has 0 bridgehead atoms. The molecule has 1 heterocycles. The number of carboxylic acids is 1. The molecule has 1 saturated heterocycles. The van der Waals surface area contributed by atoms with Crippen molar-refractivity contribution < 1.29 is 19.7 Å². The molecule has 5 heteroatoms. The maximum absolute atomic E-state index is 10.9. The molecule has 1 aliphatic carbocycles. The fourth-order valence-corrected chi connectivity index (χ4v) is 3.13. The van der Waals surface area contributed by atoms with E-state index < -0.39 is 11.6 Å². The zero-order valence-electron chi connectivity index (χ0n) is 11.8. The molecule has 5 nitrogen and oxygen atoms in total. The summed E-state index contributed by atoms with van der Waals surface area (Å²) in [7, 11) is 0. The molecule has 19 heavy (non-hydrogen) atoms. The highest BCUT2D eigenvalue weighted by Crippen LogP contribution is 2.33. The van der Waals surface area contributed by atoms with Gasteiger partial charge in [0.05, 0.1) is 24.2 Å². The SMILES string of the molecule is CC1CN(CC2(O)CCC(C(=O)O)CC2)C(C)CO1. The van der Waals surface area contributed by atoms with Crippen LogP contribution in [0, 0.1) is 5.92 Å². The molecule has 2 fully saturated rings. The fourth-order valence-electron chi connectivity index (χ4n) is 3.13. The summed E-state index contributed by atoms with van der Waals surface area (Å²) in [5.74, 6) is -1.00. The lowest BCUT2D eigenvalue weighted by Crippen LogP contribution is -2.54. The van der Waals surface area contributed by atoms with Gasteiger partial charge in [0.25, 0.3) is 0 Å². The number of aliphatic carboxylic acids is 1. The van der Waals surface area contributed by atoms with Crippen LogP contribution < -0.4 is 0 Å². The minimum absolute atomic E-state index is 0.204. The fraction of sp³-hybridized carbons (Fsp3) is 0.929. The van der Waals surface area contributed by atoms with Crippen molar-refractivity contribution in [2.75, 3.05) is 19.7 Å². The maximum Gasteiger partial charge on any atom is 0.306 e. The average Bonchev–Trinajstić information content (AvgIpc) is 2.34. The summed E-state index contributed by atoms with van der Waals surface area (Å²) in [6.45, 7) is 6.33. The average molecular weight is 271 g/mol. The van der Waals surface area contributed by atoms with E-state index >= 15 is 0 Å². The second-order valence-electron chi connectivity index (χ2n) is 6.26. The van der Waals surface area contributed by atoms with Crippen molar-refractivity contribution in [2.45, 2.75) is 57.3 Å². The molecule has 110 valence electrons. The number of carboxylic acid groups (broad SMARTS) is 1. The van der Waals surface area contributed by atoms with Gasteiger partial charge in [-0.25, -0.2) is 0 Å². The van der Waals surface area contributed by atoms with Crippen LogP contribution in [0.2, 0.25) is 0 Å². The Morgan fingerprint density at radius 2 is 2.00 bits per heavy atom. The largest absolute Gasteiger partial charge is 0.481 e. The molecule has 0 aromatic heterocycles. The van der Waals surface area contributed by atoms with Gasteiger partial charge in [0.2, 0.25) is 0 Å². The topological polar surface area (TPSA) is 70.0 Å². The van der Waals surface area contributed by atoms with Gasteiger partial charge in [-0.1, -0.05) is 0 Å². The third-order valence-corrected chi connectivity index (χ3v) is 4.50. The Bertz CT molecular complexity index is 325. The number of β-amino-alcohol motifs (C(OH)–C–C–N with tert-alkyl or cyclic N) is 1. The van der Waals surface area contributed by atoms with E-state index in [-0.39, 0.29) is 12.0 Å². The van der Waals surface area contributed by atoms with E-state index in [1.165, 1.54) is 0 Å². The minimum Gasteiger partial charge on any atom is -0.481 e. The summed E-state index contributed by atoms with van der Waals surface area (Å²) in [4.78, 5) is 13.2. The van der Waals surface area contributed by atoms with E-state index in [0.29, 0.717) is 44.9 Å². The van der Waals surface area contributed by atoms with Gasteiger partial charge >= 0.3 is 5.97 Å². The third kappa shape index (κ3) is 3.68. The van der Waals surface area contributed by atoms with Gasteiger partial charge in [-0.2, -0.15) is 0 Å². The Morgan fingerprint density at radius 3 is 2.58 bits per heavy atom. The molecule has 2 aliphatic rings. The van der Waals surface area contributed by atoms with Crippen LogP contribution in [0.5, 0.6) is 0 Å². The number of carbonyl (C=O) groups is 1. The van der Waals surface area contributed by atoms with Gasteiger partial charge < -0.3 is 14.9 Å². The molecule has 0 spiro atoms.